The number of halogens is 1. The van der Waals surface area contributed by atoms with E-state index in [1.54, 1.807) is 12.1 Å². The third-order valence-electron chi connectivity index (χ3n) is 1.21. The zero-order chi connectivity index (χ0) is 9.56. The molecule has 1 aromatic rings. The first kappa shape index (κ1) is 11.5. The molecule has 0 aliphatic heterocycles. The smallest absolute Gasteiger partial charge is 0.138 e. The van der Waals surface area contributed by atoms with Gasteiger partial charge in [-0.2, -0.15) is 0 Å². The summed E-state index contributed by atoms with van der Waals surface area (Å²) in [7, 11) is 0. The van der Waals surface area contributed by atoms with Gasteiger partial charge in [-0.15, -0.1) is 0 Å². The molecule has 0 aliphatic carbocycles. The molecule has 0 heterocycles. The molecule has 0 aromatic heterocycles. The minimum Gasteiger partial charge on any atom is -0.274 e. The molecule has 0 aliphatic rings. The third kappa shape index (κ3) is 3.24. The van der Waals surface area contributed by atoms with Crippen molar-refractivity contribution in [3.05, 3.63) is 29.6 Å². The van der Waals surface area contributed by atoms with Gasteiger partial charge in [0.15, 0.2) is 0 Å². The Kier molecular flexibility index (Phi) is 5.76. The molecule has 0 fully saturated rings. The highest BCUT2D eigenvalue weighted by Gasteiger charge is 1.98. The molecule has 12 heavy (non-hydrogen) atoms. The normalized spacial score (nSPS) is 8.75. The Balaban J connectivity index is 0.000000561. The molecule has 1 nitrogen and oxygen atoms in total. The van der Waals surface area contributed by atoms with Gasteiger partial charge in [-0.1, -0.05) is 19.9 Å². The van der Waals surface area contributed by atoms with Gasteiger partial charge in [0.05, 0.1) is 4.90 Å². The monoisotopic (exact) mass is 187 g/mol. The second-order valence-corrected chi connectivity index (χ2v) is 2.73. The molecule has 0 bridgehead atoms. The van der Waals surface area contributed by atoms with Crippen molar-refractivity contribution in [2.45, 2.75) is 25.7 Å². The second-order valence-electron chi connectivity index (χ2n) is 2.05. The Labute approximate surface area is 77.3 Å². The van der Waals surface area contributed by atoms with E-state index in [-0.39, 0.29) is 5.82 Å². The van der Waals surface area contributed by atoms with Crippen molar-refractivity contribution in [2.75, 3.05) is 0 Å². The SMILES string of the molecule is CC.Cc1ccc(F)c(SN)c1. The molecule has 0 unspecified atom stereocenters. The van der Waals surface area contributed by atoms with E-state index in [1.165, 1.54) is 6.07 Å². The molecular weight excluding hydrogens is 173 g/mol. The summed E-state index contributed by atoms with van der Waals surface area (Å²) < 4.78 is 12.7. The summed E-state index contributed by atoms with van der Waals surface area (Å²) in [6.07, 6.45) is 0. The first-order chi connectivity index (χ1) is 5.74. The Morgan fingerprint density at radius 1 is 1.33 bits per heavy atom. The van der Waals surface area contributed by atoms with Gasteiger partial charge in [-0.3, -0.25) is 5.14 Å². The molecule has 0 radical (unpaired) electrons. The molecule has 1 aromatic carbocycles. The lowest BCUT2D eigenvalue weighted by Crippen LogP contribution is -1.85. The van der Waals surface area contributed by atoms with Crippen molar-refractivity contribution in [2.24, 2.45) is 5.14 Å². The van der Waals surface area contributed by atoms with Crippen molar-refractivity contribution in [1.82, 2.24) is 0 Å². The predicted octanol–water partition coefficient (Wildman–Crippen LogP) is 3.13. The predicted molar refractivity (Wildman–Crippen MR) is 52.5 cm³/mol. The van der Waals surface area contributed by atoms with Crippen LogP contribution in [0.25, 0.3) is 0 Å². The third-order valence-corrected chi connectivity index (χ3v) is 1.78. The van der Waals surface area contributed by atoms with E-state index in [4.69, 9.17) is 5.14 Å². The van der Waals surface area contributed by atoms with E-state index in [0.717, 1.165) is 17.5 Å². The maximum absolute atomic E-state index is 12.7. The van der Waals surface area contributed by atoms with Crippen LogP contribution in [0.1, 0.15) is 19.4 Å². The van der Waals surface area contributed by atoms with Crippen LogP contribution in [0.3, 0.4) is 0 Å². The van der Waals surface area contributed by atoms with Crippen molar-refractivity contribution in [3.63, 3.8) is 0 Å². The molecule has 3 heteroatoms. The van der Waals surface area contributed by atoms with Crippen LogP contribution in [-0.2, 0) is 0 Å². The van der Waals surface area contributed by atoms with Gasteiger partial charge in [0, 0.05) is 0 Å². The molecule has 2 N–H and O–H groups in total. The lowest BCUT2D eigenvalue weighted by atomic mass is 10.2. The summed E-state index contributed by atoms with van der Waals surface area (Å²) in [5.74, 6) is -0.252. The summed E-state index contributed by atoms with van der Waals surface area (Å²) in [5, 5.41) is 5.20. The Morgan fingerprint density at radius 3 is 2.33 bits per heavy atom. The Hall–Kier alpha value is -0.540. The quantitative estimate of drug-likeness (QED) is 0.683. The fourth-order valence-electron chi connectivity index (χ4n) is 0.701. The fourth-order valence-corrected chi connectivity index (χ4v) is 1.14. The van der Waals surface area contributed by atoms with Crippen molar-refractivity contribution in [1.29, 1.82) is 0 Å². The molecule has 68 valence electrons. The summed E-state index contributed by atoms with van der Waals surface area (Å²) in [6, 6.07) is 4.86. The first-order valence-corrected chi connectivity index (χ1v) is 4.75. The van der Waals surface area contributed by atoms with Gasteiger partial charge in [-0.25, -0.2) is 4.39 Å². The molecular formula is C9H14FNS. The standard InChI is InChI=1S/C7H8FNS.C2H6/c1-5-2-3-6(8)7(4-5)10-9;1-2/h2-4H,9H2,1H3;1-2H3. The van der Waals surface area contributed by atoms with Crippen molar-refractivity contribution >= 4 is 11.9 Å². The van der Waals surface area contributed by atoms with Gasteiger partial charge >= 0.3 is 0 Å². The maximum Gasteiger partial charge on any atom is 0.138 e. The van der Waals surface area contributed by atoms with Gasteiger partial charge in [0.25, 0.3) is 0 Å². The van der Waals surface area contributed by atoms with Gasteiger partial charge < -0.3 is 0 Å². The number of rotatable bonds is 1. The lowest BCUT2D eigenvalue weighted by molar-refractivity contribution is 0.601. The number of nitrogens with two attached hydrogens (primary N) is 1. The van der Waals surface area contributed by atoms with E-state index < -0.39 is 0 Å². The molecule has 0 atom stereocenters. The topological polar surface area (TPSA) is 26.0 Å². The minimum absolute atomic E-state index is 0.252. The van der Waals surface area contributed by atoms with E-state index in [9.17, 15) is 4.39 Å². The highest BCUT2D eigenvalue weighted by atomic mass is 32.2. The van der Waals surface area contributed by atoms with Crippen LogP contribution in [0.2, 0.25) is 0 Å². The average Bonchev–Trinajstić information content (AvgIpc) is 2.13. The Bertz CT molecular complexity index is 238. The number of benzene rings is 1. The summed E-state index contributed by atoms with van der Waals surface area (Å²) in [5.41, 5.74) is 1.02. The molecule has 0 amide bonds. The molecule has 1 rings (SSSR count). The molecule has 0 spiro atoms. The van der Waals surface area contributed by atoms with Crippen LogP contribution in [0.5, 0.6) is 0 Å². The van der Waals surface area contributed by atoms with Crippen molar-refractivity contribution < 1.29 is 4.39 Å². The minimum atomic E-state index is -0.252. The van der Waals surface area contributed by atoms with Crippen molar-refractivity contribution in [3.8, 4) is 0 Å². The van der Waals surface area contributed by atoms with Crippen LogP contribution < -0.4 is 5.14 Å². The summed E-state index contributed by atoms with van der Waals surface area (Å²) in [6.45, 7) is 5.90. The lowest BCUT2D eigenvalue weighted by Gasteiger charge is -1.98. The molecule has 0 saturated heterocycles. The second kappa shape index (κ2) is 6.03. The zero-order valence-corrected chi connectivity index (χ0v) is 8.41. The van der Waals surface area contributed by atoms with Crippen LogP contribution in [0.15, 0.2) is 23.1 Å². The average molecular weight is 187 g/mol. The zero-order valence-electron chi connectivity index (χ0n) is 7.60. The van der Waals surface area contributed by atoms with E-state index in [1.807, 2.05) is 20.8 Å². The number of hydrogen-bond donors (Lipinski definition) is 1. The van der Waals surface area contributed by atoms with E-state index in [0.29, 0.717) is 4.90 Å². The van der Waals surface area contributed by atoms with Crippen LogP contribution in [-0.4, -0.2) is 0 Å². The van der Waals surface area contributed by atoms with Gasteiger partial charge in [0.1, 0.15) is 5.82 Å². The maximum atomic E-state index is 12.7. The van der Waals surface area contributed by atoms with E-state index >= 15 is 0 Å². The van der Waals surface area contributed by atoms with Crippen LogP contribution in [0, 0.1) is 12.7 Å². The van der Waals surface area contributed by atoms with Gasteiger partial charge in [0.2, 0.25) is 0 Å². The number of aryl methyl sites for hydroxylation is 1. The largest absolute Gasteiger partial charge is 0.274 e. The fraction of sp³-hybridized carbons (Fsp3) is 0.333. The summed E-state index contributed by atoms with van der Waals surface area (Å²) in [4.78, 5) is 0.500. The highest BCUT2D eigenvalue weighted by molar-refractivity contribution is 7.97. The first-order valence-electron chi connectivity index (χ1n) is 3.87. The number of hydrogen-bond acceptors (Lipinski definition) is 2. The summed E-state index contributed by atoms with van der Waals surface area (Å²) >= 11 is 0.935. The van der Waals surface area contributed by atoms with Crippen LogP contribution >= 0.6 is 11.9 Å². The van der Waals surface area contributed by atoms with Crippen LogP contribution in [0.4, 0.5) is 4.39 Å². The molecule has 0 saturated carbocycles. The Morgan fingerprint density at radius 2 is 1.92 bits per heavy atom. The van der Waals surface area contributed by atoms with E-state index in [2.05, 4.69) is 0 Å². The van der Waals surface area contributed by atoms with Gasteiger partial charge in [-0.05, 0) is 36.6 Å². The highest BCUT2D eigenvalue weighted by Crippen LogP contribution is 2.17.